The minimum Gasteiger partial charge on any atom is -0.387 e. The highest BCUT2D eigenvalue weighted by molar-refractivity contribution is 5.50. The molecule has 1 aromatic carbocycles. The molecule has 90 valence electrons. The molecule has 0 saturated heterocycles. The second kappa shape index (κ2) is 4.33. The zero-order valence-corrected chi connectivity index (χ0v) is 9.34. The van der Waals surface area contributed by atoms with E-state index in [1.807, 2.05) is 0 Å². The topological polar surface area (TPSA) is 23.5 Å². The molecule has 1 rings (SSSR count). The molecule has 0 unspecified atom stereocenters. The number of nitrogens with zero attached hydrogens (tertiary/aromatic N) is 1. The van der Waals surface area contributed by atoms with Crippen LogP contribution in [-0.4, -0.2) is 25.3 Å². The third-order valence-electron chi connectivity index (χ3n) is 2.34. The Bertz CT molecular complexity index is 377. The fourth-order valence-corrected chi connectivity index (χ4v) is 1.35. The van der Waals surface area contributed by atoms with Crippen LogP contribution in [0.3, 0.4) is 0 Å². The summed E-state index contributed by atoms with van der Waals surface area (Å²) in [5.41, 5.74) is -0.716. The normalized spacial score (nSPS) is 13.7. The monoisotopic (exact) mass is 233 g/mol. The summed E-state index contributed by atoms with van der Waals surface area (Å²) in [6.45, 7) is 0.932. The Morgan fingerprint density at radius 2 is 1.88 bits per heavy atom. The predicted molar refractivity (Wildman–Crippen MR) is 56.3 cm³/mol. The molecular weight excluding hydrogens is 219 g/mol. The van der Waals surface area contributed by atoms with Gasteiger partial charge in [-0.25, -0.2) is 4.39 Å². The average Bonchev–Trinajstić information content (AvgIpc) is 2.16. The number of rotatable bonds is 3. The fraction of sp³-hybridized carbons (Fsp3) is 0.455. The number of aliphatic hydroxyl groups is 1. The van der Waals surface area contributed by atoms with E-state index < -0.39 is 23.4 Å². The molecule has 5 heteroatoms. The van der Waals surface area contributed by atoms with Gasteiger partial charge in [0.25, 0.3) is 0 Å². The minimum absolute atomic E-state index is 0.0674. The molecule has 0 aliphatic carbocycles. The van der Waals surface area contributed by atoms with Gasteiger partial charge in [-0.05, 0) is 19.1 Å². The first-order valence-corrected chi connectivity index (χ1v) is 4.80. The van der Waals surface area contributed by atoms with Crippen LogP contribution >= 0.6 is 0 Å². The van der Waals surface area contributed by atoms with Crippen molar-refractivity contribution in [2.45, 2.75) is 19.0 Å². The summed E-state index contributed by atoms with van der Waals surface area (Å²) in [7, 11) is 3.12. The number of hydrogen-bond acceptors (Lipinski definition) is 2. The molecule has 0 amide bonds. The lowest BCUT2D eigenvalue weighted by Gasteiger charge is -2.23. The van der Waals surface area contributed by atoms with E-state index in [4.69, 9.17) is 5.11 Å². The van der Waals surface area contributed by atoms with Crippen molar-refractivity contribution in [1.29, 1.82) is 0 Å². The zero-order chi connectivity index (χ0) is 12.5. The van der Waals surface area contributed by atoms with Crippen LogP contribution in [0.2, 0.25) is 0 Å². The average molecular weight is 233 g/mol. The van der Waals surface area contributed by atoms with Gasteiger partial charge in [-0.2, -0.15) is 8.78 Å². The number of anilines is 1. The molecule has 0 fully saturated rings. The van der Waals surface area contributed by atoms with E-state index in [9.17, 15) is 13.2 Å². The van der Waals surface area contributed by atoms with Gasteiger partial charge in [0.05, 0.1) is 11.3 Å². The van der Waals surface area contributed by atoms with Gasteiger partial charge in [-0.3, -0.25) is 0 Å². The van der Waals surface area contributed by atoms with Crippen molar-refractivity contribution in [2.24, 2.45) is 0 Å². The Labute approximate surface area is 92.3 Å². The molecule has 16 heavy (non-hydrogen) atoms. The third-order valence-corrected chi connectivity index (χ3v) is 2.34. The van der Waals surface area contributed by atoms with Crippen molar-refractivity contribution < 1.29 is 18.3 Å². The van der Waals surface area contributed by atoms with E-state index in [0.717, 1.165) is 13.0 Å². The van der Waals surface area contributed by atoms with Crippen LogP contribution in [0.25, 0.3) is 0 Å². The summed E-state index contributed by atoms with van der Waals surface area (Å²) in [4.78, 5) is 1.40. The maximum absolute atomic E-state index is 13.7. The molecule has 0 saturated carbocycles. The summed E-state index contributed by atoms with van der Waals surface area (Å²) in [6, 6.07) is 3.72. The SMILES string of the molecule is C[C@H](O)C(F)(F)c1cccc(N(C)C)c1F. The molecule has 0 aromatic heterocycles. The number of hydrogen-bond donors (Lipinski definition) is 1. The molecule has 0 spiro atoms. The number of benzene rings is 1. The lowest BCUT2D eigenvalue weighted by atomic mass is 10.0. The minimum atomic E-state index is -3.59. The van der Waals surface area contributed by atoms with E-state index in [1.165, 1.54) is 17.0 Å². The summed E-state index contributed by atoms with van der Waals surface area (Å²) >= 11 is 0. The zero-order valence-electron chi connectivity index (χ0n) is 9.34. The molecule has 1 atom stereocenters. The molecule has 0 bridgehead atoms. The Morgan fingerprint density at radius 1 is 1.31 bits per heavy atom. The molecule has 2 nitrogen and oxygen atoms in total. The highest BCUT2D eigenvalue weighted by Gasteiger charge is 2.40. The van der Waals surface area contributed by atoms with E-state index >= 15 is 0 Å². The molecule has 1 aromatic rings. The lowest BCUT2D eigenvalue weighted by Crippen LogP contribution is -2.29. The van der Waals surface area contributed by atoms with E-state index in [0.29, 0.717) is 0 Å². The van der Waals surface area contributed by atoms with Crippen LogP contribution < -0.4 is 4.90 Å². The largest absolute Gasteiger partial charge is 0.387 e. The van der Waals surface area contributed by atoms with Gasteiger partial charge in [0.15, 0.2) is 5.82 Å². The van der Waals surface area contributed by atoms with E-state index in [1.54, 1.807) is 14.1 Å². The summed E-state index contributed by atoms with van der Waals surface area (Å²) in [5.74, 6) is -4.59. The molecule has 0 radical (unpaired) electrons. The van der Waals surface area contributed by atoms with E-state index in [2.05, 4.69) is 0 Å². The quantitative estimate of drug-likeness (QED) is 0.866. The molecule has 1 N–H and O–H groups in total. The Hall–Kier alpha value is -1.23. The van der Waals surface area contributed by atoms with Crippen LogP contribution in [0.15, 0.2) is 18.2 Å². The first kappa shape index (κ1) is 12.8. The standard InChI is InChI=1S/C11H14F3NO/c1-7(16)11(13,14)8-5-4-6-9(10(8)12)15(2)3/h4-7,16H,1-3H3/t7-/m0/s1. The van der Waals surface area contributed by atoms with Gasteiger partial charge in [0.1, 0.15) is 6.10 Å². The van der Waals surface area contributed by atoms with Crippen LogP contribution in [0.4, 0.5) is 18.9 Å². The van der Waals surface area contributed by atoms with Crippen LogP contribution in [0, 0.1) is 5.82 Å². The number of alkyl halides is 2. The maximum Gasteiger partial charge on any atom is 0.301 e. The Kier molecular flexibility index (Phi) is 3.48. The molecule has 0 aliphatic rings. The van der Waals surface area contributed by atoms with Crippen LogP contribution in [0.5, 0.6) is 0 Å². The van der Waals surface area contributed by atoms with Gasteiger partial charge in [0.2, 0.25) is 0 Å². The van der Waals surface area contributed by atoms with Crippen molar-refractivity contribution in [3.8, 4) is 0 Å². The van der Waals surface area contributed by atoms with Crippen LogP contribution in [0.1, 0.15) is 12.5 Å². The smallest absolute Gasteiger partial charge is 0.301 e. The predicted octanol–water partition coefficient (Wildman–Crippen LogP) is 2.36. The lowest BCUT2D eigenvalue weighted by molar-refractivity contribution is -0.108. The molecular formula is C11H14F3NO. The Balaban J connectivity index is 3.31. The van der Waals surface area contributed by atoms with Gasteiger partial charge >= 0.3 is 5.92 Å². The van der Waals surface area contributed by atoms with Crippen molar-refractivity contribution in [1.82, 2.24) is 0 Å². The van der Waals surface area contributed by atoms with Crippen molar-refractivity contribution in [2.75, 3.05) is 19.0 Å². The summed E-state index contributed by atoms with van der Waals surface area (Å²) < 4.78 is 40.7. The van der Waals surface area contributed by atoms with Gasteiger partial charge in [-0.1, -0.05) is 6.07 Å². The highest BCUT2D eigenvalue weighted by atomic mass is 19.3. The number of halogens is 3. The first-order chi connectivity index (χ1) is 7.28. The summed E-state index contributed by atoms with van der Waals surface area (Å²) in [5, 5.41) is 8.96. The second-order valence-corrected chi connectivity index (χ2v) is 3.83. The van der Waals surface area contributed by atoms with Crippen LogP contribution in [-0.2, 0) is 5.92 Å². The van der Waals surface area contributed by atoms with Gasteiger partial charge in [0, 0.05) is 14.1 Å². The fourth-order valence-electron chi connectivity index (χ4n) is 1.35. The molecule has 0 heterocycles. The molecule has 0 aliphatic heterocycles. The van der Waals surface area contributed by atoms with Gasteiger partial charge in [-0.15, -0.1) is 0 Å². The number of aliphatic hydroxyl groups excluding tert-OH is 1. The van der Waals surface area contributed by atoms with Gasteiger partial charge < -0.3 is 10.0 Å². The Morgan fingerprint density at radius 3 is 2.31 bits per heavy atom. The van der Waals surface area contributed by atoms with E-state index in [-0.39, 0.29) is 5.69 Å². The summed E-state index contributed by atoms with van der Waals surface area (Å²) in [6.07, 6.45) is -1.93. The second-order valence-electron chi connectivity index (χ2n) is 3.83. The van der Waals surface area contributed by atoms with Crippen molar-refractivity contribution >= 4 is 5.69 Å². The third kappa shape index (κ3) is 2.14. The van der Waals surface area contributed by atoms with Crippen molar-refractivity contribution in [3.05, 3.63) is 29.6 Å². The maximum atomic E-state index is 13.7. The van der Waals surface area contributed by atoms with Crippen molar-refractivity contribution in [3.63, 3.8) is 0 Å². The first-order valence-electron chi connectivity index (χ1n) is 4.80. The highest BCUT2D eigenvalue weighted by Crippen LogP contribution is 2.36.